The Morgan fingerprint density at radius 1 is 1.44 bits per heavy atom. The SMILES string of the molecule is Cn1nnc(-c2ccc3c(c2)CCC3N)n1. The Hall–Kier alpha value is -1.75. The lowest BCUT2D eigenvalue weighted by atomic mass is 10.0. The molecule has 1 aromatic heterocycles. The highest BCUT2D eigenvalue weighted by Gasteiger charge is 2.19. The lowest BCUT2D eigenvalue weighted by Crippen LogP contribution is -2.04. The summed E-state index contributed by atoms with van der Waals surface area (Å²) >= 11 is 0. The summed E-state index contributed by atoms with van der Waals surface area (Å²) < 4.78 is 0. The van der Waals surface area contributed by atoms with Crippen molar-refractivity contribution in [2.45, 2.75) is 18.9 Å². The van der Waals surface area contributed by atoms with Crippen molar-refractivity contribution in [1.29, 1.82) is 0 Å². The molecule has 3 rings (SSSR count). The first-order valence-corrected chi connectivity index (χ1v) is 5.37. The van der Waals surface area contributed by atoms with Crippen LogP contribution in [0.4, 0.5) is 0 Å². The first kappa shape index (κ1) is 9.47. The van der Waals surface area contributed by atoms with E-state index in [0.717, 1.165) is 18.4 Å². The van der Waals surface area contributed by atoms with Crippen molar-refractivity contribution in [3.63, 3.8) is 0 Å². The topological polar surface area (TPSA) is 69.6 Å². The number of hydrogen-bond acceptors (Lipinski definition) is 4. The van der Waals surface area contributed by atoms with Crippen LogP contribution in [0.1, 0.15) is 23.6 Å². The fourth-order valence-corrected chi connectivity index (χ4v) is 2.19. The molecule has 1 atom stereocenters. The molecule has 0 spiro atoms. The van der Waals surface area contributed by atoms with Gasteiger partial charge in [-0.15, -0.1) is 10.2 Å². The molecule has 5 heteroatoms. The fraction of sp³-hybridized carbons (Fsp3) is 0.364. The molecule has 2 aromatic rings. The van der Waals surface area contributed by atoms with Crippen molar-refractivity contribution in [3.8, 4) is 11.4 Å². The van der Waals surface area contributed by atoms with E-state index >= 15 is 0 Å². The van der Waals surface area contributed by atoms with Crippen LogP contribution in [-0.4, -0.2) is 20.2 Å². The minimum absolute atomic E-state index is 0.193. The Kier molecular flexibility index (Phi) is 2.00. The molecule has 0 saturated carbocycles. The number of rotatable bonds is 1. The van der Waals surface area contributed by atoms with Gasteiger partial charge in [0.15, 0.2) is 0 Å². The molecule has 16 heavy (non-hydrogen) atoms. The van der Waals surface area contributed by atoms with E-state index in [0.29, 0.717) is 5.82 Å². The zero-order valence-corrected chi connectivity index (χ0v) is 9.09. The van der Waals surface area contributed by atoms with Gasteiger partial charge in [0.05, 0.1) is 7.05 Å². The zero-order valence-electron chi connectivity index (χ0n) is 9.09. The number of hydrogen-bond donors (Lipinski definition) is 1. The minimum atomic E-state index is 0.193. The molecule has 0 amide bonds. The predicted octanol–water partition coefficient (Wildman–Crippen LogP) is 0.823. The van der Waals surface area contributed by atoms with Crippen molar-refractivity contribution >= 4 is 0 Å². The molecule has 0 aliphatic heterocycles. The smallest absolute Gasteiger partial charge is 0.204 e. The molecule has 0 saturated heterocycles. The summed E-state index contributed by atoms with van der Waals surface area (Å²) in [6, 6.07) is 6.41. The highest BCUT2D eigenvalue weighted by Crippen LogP contribution is 2.31. The lowest BCUT2D eigenvalue weighted by molar-refractivity contribution is 0.630. The second-order valence-electron chi connectivity index (χ2n) is 4.16. The molecule has 1 unspecified atom stereocenters. The van der Waals surface area contributed by atoms with Gasteiger partial charge in [-0.1, -0.05) is 12.1 Å². The van der Waals surface area contributed by atoms with Crippen molar-refractivity contribution < 1.29 is 0 Å². The number of aryl methyl sites for hydroxylation is 2. The summed E-state index contributed by atoms with van der Waals surface area (Å²) in [4.78, 5) is 1.47. The third kappa shape index (κ3) is 1.40. The number of nitrogens with two attached hydrogens (primary N) is 1. The summed E-state index contributed by atoms with van der Waals surface area (Å²) in [5.41, 5.74) is 9.58. The highest BCUT2D eigenvalue weighted by molar-refractivity contribution is 5.57. The quantitative estimate of drug-likeness (QED) is 0.764. The van der Waals surface area contributed by atoms with E-state index in [2.05, 4.69) is 27.5 Å². The summed E-state index contributed by atoms with van der Waals surface area (Å²) in [5.74, 6) is 0.672. The van der Waals surface area contributed by atoms with Crippen molar-refractivity contribution in [3.05, 3.63) is 29.3 Å². The molecule has 0 radical (unpaired) electrons. The maximum Gasteiger partial charge on any atom is 0.204 e. The first-order valence-electron chi connectivity index (χ1n) is 5.37. The van der Waals surface area contributed by atoms with E-state index in [4.69, 9.17) is 5.73 Å². The van der Waals surface area contributed by atoms with E-state index in [1.165, 1.54) is 15.9 Å². The Labute approximate surface area is 93.3 Å². The van der Waals surface area contributed by atoms with Crippen LogP contribution in [0.15, 0.2) is 18.2 Å². The van der Waals surface area contributed by atoms with Crippen LogP contribution in [0.2, 0.25) is 0 Å². The number of benzene rings is 1. The summed E-state index contributed by atoms with van der Waals surface area (Å²) in [5, 5.41) is 12.0. The van der Waals surface area contributed by atoms with E-state index in [9.17, 15) is 0 Å². The van der Waals surface area contributed by atoms with Crippen LogP contribution in [-0.2, 0) is 13.5 Å². The molecule has 1 aromatic carbocycles. The maximum atomic E-state index is 5.99. The first-order chi connectivity index (χ1) is 7.74. The molecule has 0 bridgehead atoms. The van der Waals surface area contributed by atoms with E-state index in [-0.39, 0.29) is 6.04 Å². The molecule has 2 N–H and O–H groups in total. The molecule has 82 valence electrons. The van der Waals surface area contributed by atoms with Gasteiger partial charge in [0.2, 0.25) is 5.82 Å². The van der Waals surface area contributed by atoms with E-state index < -0.39 is 0 Å². The van der Waals surface area contributed by atoms with Gasteiger partial charge in [0, 0.05) is 11.6 Å². The van der Waals surface area contributed by atoms with Crippen LogP contribution < -0.4 is 5.73 Å². The number of nitrogens with zero attached hydrogens (tertiary/aromatic N) is 4. The monoisotopic (exact) mass is 215 g/mol. The molecular formula is C11H13N5. The van der Waals surface area contributed by atoms with Crippen LogP contribution >= 0.6 is 0 Å². The Balaban J connectivity index is 2.05. The van der Waals surface area contributed by atoms with Crippen molar-refractivity contribution in [2.75, 3.05) is 0 Å². The van der Waals surface area contributed by atoms with Gasteiger partial charge < -0.3 is 5.73 Å². The molecular weight excluding hydrogens is 202 g/mol. The van der Waals surface area contributed by atoms with E-state index in [1.807, 2.05) is 6.07 Å². The second-order valence-corrected chi connectivity index (χ2v) is 4.16. The largest absolute Gasteiger partial charge is 0.324 e. The van der Waals surface area contributed by atoms with Crippen LogP contribution in [0.25, 0.3) is 11.4 Å². The van der Waals surface area contributed by atoms with Gasteiger partial charge in [0.1, 0.15) is 0 Å². The highest BCUT2D eigenvalue weighted by atomic mass is 15.6. The van der Waals surface area contributed by atoms with Crippen LogP contribution in [0.5, 0.6) is 0 Å². The van der Waals surface area contributed by atoms with Crippen LogP contribution in [0, 0.1) is 0 Å². The summed E-state index contributed by atoms with van der Waals surface area (Å²) in [6.45, 7) is 0. The Morgan fingerprint density at radius 2 is 2.31 bits per heavy atom. The molecule has 1 aliphatic carbocycles. The average Bonchev–Trinajstić information content (AvgIpc) is 2.86. The molecule has 5 nitrogen and oxygen atoms in total. The third-order valence-corrected chi connectivity index (χ3v) is 3.03. The lowest BCUT2D eigenvalue weighted by Gasteiger charge is -2.04. The van der Waals surface area contributed by atoms with Gasteiger partial charge >= 0.3 is 0 Å². The summed E-state index contributed by atoms with van der Waals surface area (Å²) in [6.07, 6.45) is 2.08. The molecule has 1 heterocycles. The normalized spacial score (nSPS) is 18.8. The van der Waals surface area contributed by atoms with Gasteiger partial charge in [-0.25, -0.2) is 0 Å². The zero-order chi connectivity index (χ0) is 11.1. The minimum Gasteiger partial charge on any atom is -0.324 e. The second kappa shape index (κ2) is 3.38. The van der Waals surface area contributed by atoms with Crippen molar-refractivity contribution in [1.82, 2.24) is 20.2 Å². The van der Waals surface area contributed by atoms with Crippen LogP contribution in [0.3, 0.4) is 0 Å². The van der Waals surface area contributed by atoms with Gasteiger partial charge in [-0.2, -0.15) is 4.80 Å². The van der Waals surface area contributed by atoms with Gasteiger partial charge in [-0.3, -0.25) is 0 Å². The van der Waals surface area contributed by atoms with E-state index in [1.54, 1.807) is 7.05 Å². The fourth-order valence-electron chi connectivity index (χ4n) is 2.19. The van der Waals surface area contributed by atoms with Crippen molar-refractivity contribution in [2.24, 2.45) is 12.8 Å². The maximum absolute atomic E-state index is 5.99. The number of aromatic nitrogens is 4. The molecule has 0 fully saturated rings. The standard InChI is InChI=1S/C11H13N5/c1-16-14-11(13-15-16)8-2-4-9-7(6-8)3-5-10(9)12/h2,4,6,10H,3,5,12H2,1H3. The van der Waals surface area contributed by atoms with Gasteiger partial charge in [0.25, 0.3) is 0 Å². The summed E-state index contributed by atoms with van der Waals surface area (Å²) in [7, 11) is 1.76. The Bertz CT molecular complexity index is 531. The average molecular weight is 215 g/mol. The number of fused-ring (bicyclic) bond motifs is 1. The Morgan fingerprint density at radius 3 is 3.06 bits per heavy atom. The molecule has 1 aliphatic rings. The predicted molar refractivity (Wildman–Crippen MR) is 59.5 cm³/mol. The third-order valence-electron chi connectivity index (χ3n) is 3.03. The van der Waals surface area contributed by atoms with Gasteiger partial charge in [-0.05, 0) is 35.2 Å². The number of tetrazole rings is 1.